The highest BCUT2D eigenvalue weighted by Crippen LogP contribution is 2.35. The Morgan fingerprint density at radius 2 is 1.71 bits per heavy atom. The van der Waals surface area contributed by atoms with Gasteiger partial charge in [-0.25, -0.2) is 4.79 Å². The zero-order valence-electron chi connectivity index (χ0n) is 21.2. The van der Waals surface area contributed by atoms with E-state index in [1.54, 1.807) is 18.1 Å². The van der Waals surface area contributed by atoms with Crippen molar-refractivity contribution in [1.82, 2.24) is 9.47 Å². The van der Waals surface area contributed by atoms with E-state index in [1.807, 2.05) is 32.2 Å². The Morgan fingerprint density at radius 1 is 1.00 bits per heavy atom. The Hall–Kier alpha value is -3.36. The lowest BCUT2D eigenvalue weighted by Crippen LogP contribution is -2.33. The van der Waals surface area contributed by atoms with E-state index in [9.17, 15) is 9.59 Å². The molecule has 1 aromatic heterocycles. The van der Waals surface area contributed by atoms with Crippen LogP contribution in [0.2, 0.25) is 0 Å². The first-order valence-corrected chi connectivity index (χ1v) is 11.9. The third kappa shape index (κ3) is 6.83. The number of methoxy groups -OCH3 is 1. The van der Waals surface area contributed by atoms with E-state index in [4.69, 9.17) is 14.2 Å². The molecule has 0 aliphatic rings. The Balaban J connectivity index is 1.93. The van der Waals surface area contributed by atoms with Gasteiger partial charge in [0.1, 0.15) is 6.61 Å². The lowest BCUT2D eigenvalue weighted by Gasteiger charge is -2.20. The SMILES string of the molecule is CCN(CC)C(=O)Oc1ccc2c(ccn2Cc2cc(C)cc(C)c2)c1NC(=O)COCCOC. The third-order valence-corrected chi connectivity index (χ3v) is 5.70. The van der Waals surface area contributed by atoms with Gasteiger partial charge in [-0.05, 0) is 51.5 Å². The van der Waals surface area contributed by atoms with Crippen LogP contribution >= 0.6 is 0 Å². The highest BCUT2D eigenvalue weighted by molar-refractivity contribution is 6.05. The largest absolute Gasteiger partial charge is 0.415 e. The molecular formula is C27H35N3O5. The summed E-state index contributed by atoms with van der Waals surface area (Å²) in [6.45, 7) is 10.3. The number of aromatic nitrogens is 1. The molecular weight excluding hydrogens is 446 g/mol. The standard InChI is InChI=1S/C27H35N3O5/c1-6-29(7-2)27(32)35-24-9-8-23-22(26(24)28-25(31)18-34-13-12-33-5)10-11-30(23)17-21-15-19(3)14-20(4)16-21/h8-11,14-16H,6-7,12-13,17-18H2,1-5H3,(H,28,31). The number of hydrogen-bond donors (Lipinski definition) is 1. The number of hydrogen-bond acceptors (Lipinski definition) is 5. The molecule has 188 valence electrons. The lowest BCUT2D eigenvalue weighted by atomic mass is 10.1. The van der Waals surface area contributed by atoms with Crippen molar-refractivity contribution in [1.29, 1.82) is 0 Å². The Labute approximate surface area is 206 Å². The molecule has 0 atom stereocenters. The van der Waals surface area contributed by atoms with Crippen LogP contribution in [0.3, 0.4) is 0 Å². The molecule has 8 heteroatoms. The van der Waals surface area contributed by atoms with Crippen LogP contribution in [0.1, 0.15) is 30.5 Å². The number of ether oxygens (including phenoxy) is 3. The number of rotatable bonds is 11. The van der Waals surface area contributed by atoms with Crippen LogP contribution in [0.4, 0.5) is 10.5 Å². The van der Waals surface area contributed by atoms with Crippen molar-refractivity contribution in [3.63, 3.8) is 0 Å². The van der Waals surface area contributed by atoms with E-state index in [0.717, 1.165) is 10.9 Å². The summed E-state index contributed by atoms with van der Waals surface area (Å²) in [5.74, 6) is -0.0420. The number of amides is 2. The summed E-state index contributed by atoms with van der Waals surface area (Å²) >= 11 is 0. The third-order valence-electron chi connectivity index (χ3n) is 5.70. The van der Waals surface area contributed by atoms with Crippen molar-refractivity contribution in [2.75, 3.05) is 45.3 Å². The number of carbonyl (C=O) groups is 2. The van der Waals surface area contributed by atoms with Crippen molar-refractivity contribution in [2.24, 2.45) is 0 Å². The molecule has 0 unspecified atom stereocenters. The van der Waals surface area contributed by atoms with E-state index in [0.29, 0.717) is 44.3 Å². The van der Waals surface area contributed by atoms with Gasteiger partial charge in [-0.1, -0.05) is 29.3 Å². The number of fused-ring (bicyclic) bond motifs is 1. The van der Waals surface area contributed by atoms with Crippen LogP contribution in [0.15, 0.2) is 42.6 Å². The maximum atomic E-state index is 12.7. The maximum Gasteiger partial charge on any atom is 0.415 e. The molecule has 35 heavy (non-hydrogen) atoms. The van der Waals surface area contributed by atoms with E-state index in [1.165, 1.54) is 16.7 Å². The first-order valence-electron chi connectivity index (χ1n) is 11.9. The van der Waals surface area contributed by atoms with E-state index in [2.05, 4.69) is 41.9 Å². The molecule has 0 fully saturated rings. The monoisotopic (exact) mass is 481 g/mol. The lowest BCUT2D eigenvalue weighted by molar-refractivity contribution is -0.121. The predicted octanol–water partition coefficient (Wildman–Crippen LogP) is 4.75. The molecule has 3 aromatic rings. The average molecular weight is 482 g/mol. The second-order valence-corrected chi connectivity index (χ2v) is 8.44. The highest BCUT2D eigenvalue weighted by atomic mass is 16.6. The topological polar surface area (TPSA) is 82.0 Å². The molecule has 0 aliphatic heterocycles. The second kappa shape index (κ2) is 12.4. The average Bonchev–Trinajstić information content (AvgIpc) is 3.21. The zero-order valence-corrected chi connectivity index (χ0v) is 21.2. The summed E-state index contributed by atoms with van der Waals surface area (Å²) in [7, 11) is 1.57. The molecule has 0 aliphatic carbocycles. The van der Waals surface area contributed by atoms with Gasteiger partial charge in [-0.15, -0.1) is 0 Å². The summed E-state index contributed by atoms with van der Waals surface area (Å²) in [5, 5.41) is 3.67. The summed E-state index contributed by atoms with van der Waals surface area (Å²) in [6, 6.07) is 12.0. The first-order chi connectivity index (χ1) is 16.9. The highest BCUT2D eigenvalue weighted by Gasteiger charge is 2.19. The number of anilines is 1. The number of benzene rings is 2. The van der Waals surface area contributed by atoms with E-state index >= 15 is 0 Å². The van der Waals surface area contributed by atoms with Crippen molar-refractivity contribution >= 4 is 28.6 Å². The molecule has 0 bridgehead atoms. The van der Waals surface area contributed by atoms with E-state index in [-0.39, 0.29) is 12.5 Å². The molecule has 0 radical (unpaired) electrons. The quantitative estimate of drug-likeness (QED) is 0.400. The Bertz CT molecular complexity index is 1150. The van der Waals surface area contributed by atoms with Crippen molar-refractivity contribution in [2.45, 2.75) is 34.2 Å². The number of aryl methyl sites for hydroxylation is 2. The van der Waals surface area contributed by atoms with Crippen molar-refractivity contribution in [3.05, 3.63) is 59.3 Å². The molecule has 2 amide bonds. The summed E-state index contributed by atoms with van der Waals surface area (Å²) in [4.78, 5) is 26.9. The Kier molecular flexibility index (Phi) is 9.28. The van der Waals surface area contributed by atoms with Gasteiger partial charge in [0.05, 0.1) is 24.4 Å². The van der Waals surface area contributed by atoms with Crippen LogP contribution in [-0.4, -0.2) is 61.5 Å². The minimum Gasteiger partial charge on any atom is -0.408 e. The van der Waals surface area contributed by atoms with Gasteiger partial charge >= 0.3 is 6.09 Å². The first kappa shape index (κ1) is 26.2. The minimum absolute atomic E-state index is 0.132. The molecule has 0 spiro atoms. The fourth-order valence-electron chi connectivity index (χ4n) is 4.08. The number of nitrogens with zero attached hydrogens (tertiary/aromatic N) is 2. The van der Waals surface area contributed by atoms with Gasteiger partial charge in [-0.2, -0.15) is 0 Å². The van der Waals surface area contributed by atoms with Crippen LogP contribution in [0.5, 0.6) is 5.75 Å². The normalized spacial score (nSPS) is 11.0. The fraction of sp³-hybridized carbons (Fsp3) is 0.407. The second-order valence-electron chi connectivity index (χ2n) is 8.44. The zero-order chi connectivity index (χ0) is 25.4. The van der Waals surface area contributed by atoms with Crippen LogP contribution < -0.4 is 10.1 Å². The van der Waals surface area contributed by atoms with Crippen molar-refractivity contribution in [3.8, 4) is 5.75 Å². The van der Waals surface area contributed by atoms with Crippen molar-refractivity contribution < 1.29 is 23.8 Å². The van der Waals surface area contributed by atoms with Gasteiger partial charge < -0.3 is 29.0 Å². The summed E-state index contributed by atoms with van der Waals surface area (Å²) in [6.07, 6.45) is 1.51. The van der Waals surface area contributed by atoms with Gasteiger partial charge in [0.15, 0.2) is 5.75 Å². The fourth-order valence-corrected chi connectivity index (χ4v) is 4.08. The Morgan fingerprint density at radius 3 is 2.37 bits per heavy atom. The summed E-state index contributed by atoms with van der Waals surface area (Å²) in [5.41, 5.74) is 4.98. The summed E-state index contributed by atoms with van der Waals surface area (Å²) < 4.78 is 18.1. The number of carbonyl (C=O) groups excluding carboxylic acids is 2. The maximum absolute atomic E-state index is 12.7. The molecule has 0 saturated carbocycles. The molecule has 1 N–H and O–H groups in total. The molecule has 2 aromatic carbocycles. The van der Waals surface area contributed by atoms with E-state index < -0.39 is 6.09 Å². The molecule has 8 nitrogen and oxygen atoms in total. The molecule has 1 heterocycles. The van der Waals surface area contributed by atoms with Gasteiger partial charge in [0.2, 0.25) is 5.91 Å². The predicted molar refractivity (Wildman–Crippen MR) is 137 cm³/mol. The van der Waals surface area contributed by atoms with Crippen LogP contribution in [0.25, 0.3) is 10.9 Å². The van der Waals surface area contributed by atoms with Gasteiger partial charge in [0.25, 0.3) is 0 Å². The van der Waals surface area contributed by atoms with Gasteiger partial charge in [0, 0.05) is 38.3 Å². The van der Waals surface area contributed by atoms with Gasteiger partial charge in [-0.3, -0.25) is 4.79 Å². The minimum atomic E-state index is -0.462. The van der Waals surface area contributed by atoms with Crippen LogP contribution in [0, 0.1) is 13.8 Å². The molecule has 0 saturated heterocycles. The smallest absolute Gasteiger partial charge is 0.408 e. The molecule has 3 rings (SSSR count). The van der Waals surface area contributed by atoms with Crippen LogP contribution in [-0.2, 0) is 20.8 Å². The number of nitrogens with one attached hydrogen (secondary N) is 1.